The number of fused-ring (bicyclic) bond motifs is 1. The number of hydrogen-bond donors (Lipinski definition) is 0. The standard InChI is InChI=1S/C33H32ClN3O6S/c1-44(38,39)33-35-30(34)26-17-18-37(31(26)36-33)32-29(42-21-25-15-9-4-10-16-25)28(41-20-24-13-7-3-8-14-24)27(43-32)22-40-19-23-11-5-2-6-12-23/h2-18,27-29,32H,19-22H2,1H3/t27-,28-,29+,32-/m1/s1. The third-order valence-electron chi connectivity index (χ3n) is 7.36. The second-order valence-electron chi connectivity index (χ2n) is 10.6. The van der Waals surface area contributed by atoms with Gasteiger partial charge in [-0.05, 0) is 22.8 Å². The van der Waals surface area contributed by atoms with Crippen molar-refractivity contribution in [1.82, 2.24) is 14.5 Å². The van der Waals surface area contributed by atoms with Crippen molar-refractivity contribution in [2.75, 3.05) is 12.9 Å². The van der Waals surface area contributed by atoms with Crippen LogP contribution >= 0.6 is 11.6 Å². The molecule has 5 aromatic rings. The molecule has 11 heteroatoms. The summed E-state index contributed by atoms with van der Waals surface area (Å²) in [5.74, 6) is 0. The van der Waals surface area contributed by atoms with Crippen LogP contribution in [-0.2, 0) is 48.6 Å². The summed E-state index contributed by atoms with van der Waals surface area (Å²) in [6.07, 6.45) is 0.392. The molecular formula is C33H32ClN3O6S. The van der Waals surface area contributed by atoms with Gasteiger partial charge >= 0.3 is 0 Å². The largest absolute Gasteiger partial charge is 0.374 e. The quantitative estimate of drug-likeness (QED) is 0.126. The molecule has 3 aromatic carbocycles. The normalized spacial score (nSPS) is 20.3. The molecule has 2 aromatic heterocycles. The first-order valence-electron chi connectivity index (χ1n) is 14.2. The summed E-state index contributed by atoms with van der Waals surface area (Å²) < 4.78 is 52.4. The van der Waals surface area contributed by atoms with Crippen LogP contribution in [0.4, 0.5) is 0 Å². The molecule has 0 radical (unpaired) electrons. The van der Waals surface area contributed by atoms with Gasteiger partial charge in [-0.2, -0.15) is 4.98 Å². The fraction of sp³-hybridized carbons (Fsp3) is 0.273. The number of rotatable bonds is 12. The molecule has 6 rings (SSSR count). The number of aromatic nitrogens is 3. The minimum Gasteiger partial charge on any atom is -0.374 e. The van der Waals surface area contributed by atoms with Crippen molar-refractivity contribution in [1.29, 1.82) is 0 Å². The molecule has 4 atom stereocenters. The van der Waals surface area contributed by atoms with Gasteiger partial charge in [0.25, 0.3) is 0 Å². The van der Waals surface area contributed by atoms with Crippen LogP contribution in [0.2, 0.25) is 5.15 Å². The Bertz CT molecular complexity index is 1790. The van der Waals surface area contributed by atoms with Crippen LogP contribution in [0, 0.1) is 0 Å². The predicted molar refractivity (Wildman–Crippen MR) is 166 cm³/mol. The van der Waals surface area contributed by atoms with Gasteiger partial charge in [0.2, 0.25) is 15.0 Å². The monoisotopic (exact) mass is 633 g/mol. The number of ether oxygens (including phenoxy) is 4. The zero-order valence-electron chi connectivity index (χ0n) is 24.0. The van der Waals surface area contributed by atoms with Crippen LogP contribution in [0.25, 0.3) is 11.0 Å². The van der Waals surface area contributed by atoms with Crippen LogP contribution < -0.4 is 0 Å². The Morgan fingerprint density at radius 3 is 1.89 bits per heavy atom. The molecular weight excluding hydrogens is 602 g/mol. The lowest BCUT2D eigenvalue weighted by Crippen LogP contribution is -2.38. The van der Waals surface area contributed by atoms with Crippen LogP contribution in [-0.4, -0.2) is 54.1 Å². The van der Waals surface area contributed by atoms with E-state index in [1.165, 1.54) is 0 Å². The molecule has 0 saturated carbocycles. The van der Waals surface area contributed by atoms with Gasteiger partial charge in [0, 0.05) is 12.5 Å². The molecule has 0 unspecified atom stereocenters. The highest BCUT2D eigenvalue weighted by Gasteiger charge is 2.48. The second kappa shape index (κ2) is 13.6. The number of hydrogen-bond acceptors (Lipinski definition) is 8. The van der Waals surface area contributed by atoms with Crippen molar-refractivity contribution in [2.24, 2.45) is 0 Å². The van der Waals surface area contributed by atoms with E-state index in [4.69, 9.17) is 30.5 Å². The third-order valence-corrected chi connectivity index (χ3v) is 8.49. The third kappa shape index (κ3) is 7.02. The van der Waals surface area contributed by atoms with E-state index < -0.39 is 34.4 Å². The predicted octanol–water partition coefficient (Wildman–Crippen LogP) is 5.77. The molecule has 0 amide bonds. The highest BCUT2D eigenvalue weighted by Crippen LogP contribution is 2.38. The van der Waals surface area contributed by atoms with E-state index in [9.17, 15) is 8.42 Å². The van der Waals surface area contributed by atoms with Crippen LogP contribution in [0.3, 0.4) is 0 Å². The van der Waals surface area contributed by atoms with E-state index in [1.807, 2.05) is 91.0 Å². The molecule has 1 saturated heterocycles. The molecule has 9 nitrogen and oxygen atoms in total. The van der Waals surface area contributed by atoms with E-state index in [1.54, 1.807) is 16.8 Å². The fourth-order valence-electron chi connectivity index (χ4n) is 5.19. The molecule has 1 aliphatic rings. The molecule has 3 heterocycles. The zero-order chi connectivity index (χ0) is 30.5. The van der Waals surface area contributed by atoms with Gasteiger partial charge in [0.15, 0.2) is 6.23 Å². The van der Waals surface area contributed by atoms with Crippen molar-refractivity contribution >= 4 is 32.5 Å². The van der Waals surface area contributed by atoms with Crippen LogP contribution in [0.5, 0.6) is 0 Å². The summed E-state index contributed by atoms with van der Waals surface area (Å²) in [5.41, 5.74) is 3.34. The van der Waals surface area contributed by atoms with E-state index in [2.05, 4.69) is 9.97 Å². The maximum atomic E-state index is 12.4. The topological polar surface area (TPSA) is 102 Å². The van der Waals surface area contributed by atoms with Gasteiger partial charge in [-0.25, -0.2) is 13.4 Å². The lowest BCUT2D eigenvalue weighted by atomic mass is 10.1. The van der Waals surface area contributed by atoms with Crippen molar-refractivity contribution in [2.45, 2.75) is 49.5 Å². The first-order valence-corrected chi connectivity index (χ1v) is 16.5. The average molecular weight is 634 g/mol. The molecule has 228 valence electrons. The minimum absolute atomic E-state index is 0.0357. The summed E-state index contributed by atoms with van der Waals surface area (Å²) in [5, 5.41) is 0.165. The Morgan fingerprint density at radius 1 is 0.773 bits per heavy atom. The zero-order valence-corrected chi connectivity index (χ0v) is 25.6. The molecule has 0 spiro atoms. The van der Waals surface area contributed by atoms with Crippen molar-refractivity contribution in [3.05, 3.63) is 125 Å². The van der Waals surface area contributed by atoms with Crippen LogP contribution in [0.15, 0.2) is 108 Å². The Kier molecular flexibility index (Phi) is 9.36. The van der Waals surface area contributed by atoms with Crippen molar-refractivity contribution in [3.63, 3.8) is 0 Å². The number of nitrogens with zero attached hydrogens (tertiary/aromatic N) is 3. The van der Waals surface area contributed by atoms with Gasteiger partial charge in [-0.1, -0.05) is 103 Å². The highest BCUT2D eigenvalue weighted by atomic mass is 35.5. The van der Waals surface area contributed by atoms with Gasteiger partial charge < -0.3 is 23.5 Å². The molecule has 0 N–H and O–H groups in total. The Hall–Kier alpha value is -3.64. The molecule has 44 heavy (non-hydrogen) atoms. The summed E-state index contributed by atoms with van der Waals surface area (Å²) in [4.78, 5) is 8.39. The van der Waals surface area contributed by atoms with E-state index in [-0.39, 0.29) is 16.9 Å². The summed E-state index contributed by atoms with van der Waals surface area (Å²) >= 11 is 6.42. The highest BCUT2D eigenvalue weighted by molar-refractivity contribution is 7.90. The average Bonchev–Trinajstić information content (AvgIpc) is 3.61. The van der Waals surface area contributed by atoms with E-state index >= 15 is 0 Å². The Balaban J connectivity index is 1.35. The number of benzene rings is 3. The first kappa shape index (κ1) is 30.4. The van der Waals surface area contributed by atoms with E-state index in [0.29, 0.717) is 30.9 Å². The van der Waals surface area contributed by atoms with Gasteiger partial charge in [0.05, 0.1) is 31.8 Å². The molecule has 1 fully saturated rings. The fourth-order valence-corrected chi connectivity index (χ4v) is 5.98. The van der Waals surface area contributed by atoms with Crippen molar-refractivity contribution < 1.29 is 27.4 Å². The maximum absolute atomic E-state index is 12.4. The lowest BCUT2D eigenvalue weighted by Gasteiger charge is -2.26. The molecule has 0 aliphatic carbocycles. The smallest absolute Gasteiger partial charge is 0.250 e. The van der Waals surface area contributed by atoms with Crippen molar-refractivity contribution in [3.8, 4) is 0 Å². The second-order valence-corrected chi connectivity index (χ2v) is 12.9. The first-order chi connectivity index (χ1) is 21.4. The molecule has 1 aliphatic heterocycles. The minimum atomic E-state index is -3.73. The summed E-state index contributed by atoms with van der Waals surface area (Å²) in [7, 11) is -3.73. The number of halogens is 1. The Labute approximate surface area is 261 Å². The maximum Gasteiger partial charge on any atom is 0.250 e. The Morgan fingerprint density at radius 2 is 1.32 bits per heavy atom. The van der Waals surface area contributed by atoms with E-state index in [0.717, 1.165) is 22.9 Å². The van der Waals surface area contributed by atoms with Gasteiger partial charge in [-0.3, -0.25) is 0 Å². The van der Waals surface area contributed by atoms with Gasteiger partial charge in [0.1, 0.15) is 29.1 Å². The summed E-state index contributed by atoms with van der Waals surface area (Å²) in [6.45, 7) is 1.27. The summed E-state index contributed by atoms with van der Waals surface area (Å²) in [6, 6.07) is 31.4. The SMILES string of the molecule is CS(=O)(=O)c1nc(Cl)c2ccn([C@@H]3O[C@H](COCc4ccccc4)[C@@H](OCc4ccccc4)[C@@H]3OCc3ccccc3)c2n1. The lowest BCUT2D eigenvalue weighted by molar-refractivity contribution is -0.0913. The van der Waals surface area contributed by atoms with Crippen LogP contribution in [0.1, 0.15) is 22.9 Å². The van der Waals surface area contributed by atoms with Gasteiger partial charge in [-0.15, -0.1) is 0 Å². The number of sulfone groups is 1. The molecule has 0 bridgehead atoms.